The molecule has 9 heteroatoms. The van der Waals surface area contributed by atoms with Gasteiger partial charge in [-0.2, -0.15) is 4.98 Å². The average molecular weight is 430 g/mol. The van der Waals surface area contributed by atoms with Crippen molar-refractivity contribution < 1.29 is 18.7 Å². The van der Waals surface area contributed by atoms with Gasteiger partial charge in [0, 0.05) is 37.4 Å². The first-order valence-corrected chi connectivity index (χ1v) is 10.3. The molecule has 1 aromatic carbocycles. The fourth-order valence-corrected chi connectivity index (χ4v) is 3.64. The second-order valence-electron chi connectivity index (χ2n) is 7.69. The molecule has 1 unspecified atom stereocenters. The number of benzene rings is 1. The molecule has 2 heterocycles. The van der Waals surface area contributed by atoms with Crippen LogP contribution in [-0.4, -0.2) is 53.0 Å². The maximum absolute atomic E-state index is 13.0. The van der Waals surface area contributed by atoms with Crippen molar-refractivity contribution in [2.45, 2.75) is 33.2 Å². The van der Waals surface area contributed by atoms with E-state index >= 15 is 0 Å². The first kappa shape index (κ1) is 22.6. The van der Waals surface area contributed by atoms with Crippen LogP contribution in [0.15, 0.2) is 29.1 Å². The van der Waals surface area contributed by atoms with Crippen LogP contribution in [0.3, 0.4) is 0 Å². The lowest BCUT2D eigenvalue weighted by Crippen LogP contribution is -2.41. The molecule has 31 heavy (non-hydrogen) atoms. The Bertz CT molecular complexity index is 964. The lowest BCUT2D eigenvalue weighted by molar-refractivity contribution is -0.133. The fourth-order valence-electron chi connectivity index (χ4n) is 3.64. The predicted molar refractivity (Wildman–Crippen MR) is 112 cm³/mol. The van der Waals surface area contributed by atoms with E-state index in [9.17, 15) is 18.8 Å². The number of rotatable bonds is 6. The van der Waals surface area contributed by atoms with Crippen molar-refractivity contribution in [2.24, 2.45) is 5.92 Å². The summed E-state index contributed by atoms with van der Waals surface area (Å²) in [7, 11) is 0. The summed E-state index contributed by atoms with van der Waals surface area (Å²) in [4.78, 5) is 45.1. The molecule has 8 nitrogen and oxygen atoms in total. The predicted octanol–water partition coefficient (Wildman–Crippen LogP) is 1.25. The van der Waals surface area contributed by atoms with Gasteiger partial charge in [0.05, 0.1) is 19.1 Å². The topological polar surface area (TPSA) is 104 Å². The van der Waals surface area contributed by atoms with Gasteiger partial charge in [-0.1, -0.05) is 12.1 Å². The maximum Gasteiger partial charge on any atom is 0.345 e. The number of carbonyl (C=O) groups is 2. The number of amides is 2. The van der Waals surface area contributed by atoms with Gasteiger partial charge in [0.25, 0.3) is 0 Å². The van der Waals surface area contributed by atoms with Gasteiger partial charge in [0.15, 0.2) is 0 Å². The van der Waals surface area contributed by atoms with Gasteiger partial charge in [-0.05, 0) is 43.5 Å². The Labute approximate surface area is 179 Å². The van der Waals surface area contributed by atoms with E-state index in [1.807, 2.05) is 0 Å². The molecule has 0 spiro atoms. The molecule has 1 aromatic heterocycles. The Morgan fingerprint density at radius 1 is 1.29 bits per heavy atom. The van der Waals surface area contributed by atoms with E-state index in [1.165, 1.54) is 12.1 Å². The van der Waals surface area contributed by atoms with E-state index < -0.39 is 11.6 Å². The summed E-state index contributed by atoms with van der Waals surface area (Å²) in [6, 6.07) is 5.92. The number of H-pyrrole nitrogens is 1. The third-order valence-corrected chi connectivity index (χ3v) is 5.41. The van der Waals surface area contributed by atoms with Crippen molar-refractivity contribution >= 4 is 11.8 Å². The molecule has 2 amide bonds. The van der Waals surface area contributed by atoms with Crippen LogP contribution in [0.2, 0.25) is 0 Å². The molecule has 0 aliphatic carbocycles. The lowest BCUT2D eigenvalue weighted by atomic mass is 10.1. The Balaban J connectivity index is 1.56. The molecular formula is C22H27FN4O4. The number of aromatic nitrogens is 2. The molecule has 1 atom stereocenters. The van der Waals surface area contributed by atoms with Crippen molar-refractivity contribution in [3.8, 4) is 0 Å². The van der Waals surface area contributed by atoms with E-state index in [1.54, 1.807) is 30.9 Å². The first-order valence-electron chi connectivity index (χ1n) is 10.3. The number of nitrogens with zero attached hydrogens (tertiary/aromatic N) is 2. The largest absolute Gasteiger partial charge is 0.379 e. The molecule has 1 aliphatic heterocycles. The Hall–Kier alpha value is -3.07. The second kappa shape index (κ2) is 10.3. The second-order valence-corrected chi connectivity index (χ2v) is 7.69. The highest BCUT2D eigenvalue weighted by molar-refractivity contribution is 5.81. The molecule has 166 valence electrons. The maximum atomic E-state index is 13.0. The SMILES string of the molecule is Cc1nc(=O)[nH]c(C)c1CCC(=O)N1CCOCC(C(=O)NCc2ccc(F)cc2)C1. The molecule has 0 radical (unpaired) electrons. The van der Waals surface area contributed by atoms with Crippen molar-refractivity contribution in [1.82, 2.24) is 20.2 Å². The van der Waals surface area contributed by atoms with Crippen LogP contribution in [-0.2, 0) is 27.3 Å². The van der Waals surface area contributed by atoms with Gasteiger partial charge < -0.3 is 19.9 Å². The number of aromatic amines is 1. The molecule has 1 fully saturated rings. The molecule has 0 bridgehead atoms. The third kappa shape index (κ3) is 6.21. The number of aryl methyl sites for hydroxylation is 2. The highest BCUT2D eigenvalue weighted by atomic mass is 19.1. The zero-order chi connectivity index (χ0) is 22.4. The van der Waals surface area contributed by atoms with Crippen molar-refractivity contribution in [3.63, 3.8) is 0 Å². The van der Waals surface area contributed by atoms with Crippen molar-refractivity contribution in [1.29, 1.82) is 0 Å². The highest BCUT2D eigenvalue weighted by Gasteiger charge is 2.27. The minimum absolute atomic E-state index is 0.0770. The van der Waals surface area contributed by atoms with Crippen LogP contribution in [0, 0.1) is 25.6 Å². The summed E-state index contributed by atoms with van der Waals surface area (Å²) in [6.07, 6.45) is 0.707. The van der Waals surface area contributed by atoms with Crippen LogP contribution in [0.5, 0.6) is 0 Å². The van der Waals surface area contributed by atoms with Gasteiger partial charge in [-0.15, -0.1) is 0 Å². The van der Waals surface area contributed by atoms with Crippen LogP contribution >= 0.6 is 0 Å². The Kier molecular flexibility index (Phi) is 7.51. The van der Waals surface area contributed by atoms with E-state index in [0.29, 0.717) is 31.0 Å². The molecule has 1 saturated heterocycles. The molecule has 3 rings (SSSR count). The van der Waals surface area contributed by atoms with E-state index in [-0.39, 0.29) is 43.7 Å². The normalized spacial score (nSPS) is 16.6. The Morgan fingerprint density at radius 2 is 2.03 bits per heavy atom. The third-order valence-electron chi connectivity index (χ3n) is 5.41. The van der Waals surface area contributed by atoms with Crippen molar-refractivity contribution in [3.05, 3.63) is 63.1 Å². The number of halogens is 1. The zero-order valence-electron chi connectivity index (χ0n) is 17.7. The standard InChI is InChI=1S/C22H27FN4O4/c1-14-19(15(2)26-22(30)25-14)7-8-20(28)27-9-10-31-13-17(12-27)21(29)24-11-16-3-5-18(23)6-4-16/h3-6,17H,7-13H2,1-2H3,(H,24,29)(H,25,26,30). The molecule has 2 N–H and O–H groups in total. The van der Waals surface area contributed by atoms with E-state index in [0.717, 1.165) is 11.1 Å². The molecule has 0 saturated carbocycles. The van der Waals surface area contributed by atoms with E-state index in [2.05, 4.69) is 15.3 Å². The van der Waals surface area contributed by atoms with Crippen LogP contribution in [0.1, 0.15) is 28.9 Å². The zero-order valence-corrected chi connectivity index (χ0v) is 17.7. The smallest absolute Gasteiger partial charge is 0.345 e. The summed E-state index contributed by atoms with van der Waals surface area (Å²) >= 11 is 0. The van der Waals surface area contributed by atoms with Gasteiger partial charge >= 0.3 is 5.69 Å². The minimum Gasteiger partial charge on any atom is -0.379 e. The van der Waals surface area contributed by atoms with Crippen LogP contribution < -0.4 is 11.0 Å². The lowest BCUT2D eigenvalue weighted by Gasteiger charge is -2.23. The summed E-state index contributed by atoms with van der Waals surface area (Å²) in [5, 5.41) is 2.83. The molecular weight excluding hydrogens is 403 g/mol. The molecule has 2 aromatic rings. The minimum atomic E-state index is -0.481. The van der Waals surface area contributed by atoms with Crippen LogP contribution in [0.4, 0.5) is 4.39 Å². The Morgan fingerprint density at radius 3 is 2.74 bits per heavy atom. The average Bonchev–Trinajstić information content (AvgIpc) is 2.99. The van der Waals surface area contributed by atoms with Gasteiger partial charge in [0.2, 0.25) is 11.8 Å². The van der Waals surface area contributed by atoms with Crippen LogP contribution in [0.25, 0.3) is 0 Å². The summed E-state index contributed by atoms with van der Waals surface area (Å²) in [5.74, 6) is -1.10. The first-order chi connectivity index (χ1) is 14.8. The quantitative estimate of drug-likeness (QED) is 0.718. The number of nitrogens with one attached hydrogen (secondary N) is 2. The van der Waals surface area contributed by atoms with Gasteiger partial charge in [0.1, 0.15) is 5.82 Å². The number of carbonyl (C=O) groups excluding carboxylic acids is 2. The summed E-state index contributed by atoms with van der Waals surface area (Å²) in [6.45, 7) is 5.12. The fraction of sp³-hybridized carbons (Fsp3) is 0.455. The van der Waals surface area contributed by atoms with Crippen molar-refractivity contribution in [2.75, 3.05) is 26.3 Å². The van der Waals surface area contributed by atoms with Gasteiger partial charge in [-0.3, -0.25) is 9.59 Å². The monoisotopic (exact) mass is 430 g/mol. The summed E-state index contributed by atoms with van der Waals surface area (Å²) < 4.78 is 18.5. The highest BCUT2D eigenvalue weighted by Crippen LogP contribution is 2.14. The van der Waals surface area contributed by atoms with Gasteiger partial charge in [-0.25, -0.2) is 9.18 Å². The summed E-state index contributed by atoms with van der Waals surface area (Å²) in [5.41, 5.74) is 2.57. The molecule has 1 aliphatic rings. The number of hydrogen-bond donors (Lipinski definition) is 2. The number of ether oxygens (including phenoxy) is 1. The van der Waals surface area contributed by atoms with E-state index in [4.69, 9.17) is 4.74 Å². The number of hydrogen-bond acceptors (Lipinski definition) is 5.